The molecule has 30 heavy (non-hydrogen) atoms. The number of amides is 1. The minimum Gasteiger partial charge on any atom is -0.342 e. The first-order valence-electron chi connectivity index (χ1n) is 9.82. The number of aryl methyl sites for hydroxylation is 1. The molecule has 152 valence electrons. The van der Waals surface area contributed by atoms with Crippen molar-refractivity contribution < 1.29 is 9.18 Å². The maximum absolute atomic E-state index is 13.6. The predicted molar refractivity (Wildman–Crippen MR) is 123 cm³/mol. The van der Waals surface area contributed by atoms with E-state index in [-0.39, 0.29) is 11.7 Å². The summed E-state index contributed by atoms with van der Waals surface area (Å²) < 4.78 is 15.7. The average molecular weight is 419 g/mol. The highest BCUT2D eigenvalue weighted by Gasteiger charge is 2.12. The fraction of sp³-hybridized carbons (Fsp3) is 0.160. The highest BCUT2D eigenvalue weighted by atomic mass is 32.2. The van der Waals surface area contributed by atoms with E-state index >= 15 is 0 Å². The molecular formula is C25H23FN2OS. The van der Waals surface area contributed by atoms with E-state index in [0.29, 0.717) is 12.3 Å². The fourth-order valence-corrected chi connectivity index (χ4v) is 4.40. The van der Waals surface area contributed by atoms with Gasteiger partial charge in [0.15, 0.2) is 0 Å². The first kappa shape index (κ1) is 20.2. The number of carbonyl (C=O) groups is 1. The van der Waals surface area contributed by atoms with Gasteiger partial charge in [-0.1, -0.05) is 42.5 Å². The summed E-state index contributed by atoms with van der Waals surface area (Å²) in [7, 11) is 0. The molecule has 0 spiro atoms. The largest absolute Gasteiger partial charge is 0.342 e. The Bertz CT molecular complexity index is 1210. The second-order valence-corrected chi connectivity index (χ2v) is 8.37. The maximum atomic E-state index is 13.6. The summed E-state index contributed by atoms with van der Waals surface area (Å²) in [5.41, 5.74) is 5.07. The van der Waals surface area contributed by atoms with Crippen LogP contribution < -0.4 is 5.32 Å². The third kappa shape index (κ3) is 4.41. The molecule has 1 aromatic heterocycles. The molecule has 1 amide bonds. The molecule has 3 nitrogen and oxygen atoms in total. The van der Waals surface area contributed by atoms with E-state index in [1.807, 2.05) is 56.4 Å². The lowest BCUT2D eigenvalue weighted by atomic mass is 10.1. The Balaban J connectivity index is 1.51. The first-order valence-corrected chi connectivity index (χ1v) is 10.8. The molecule has 0 radical (unpaired) electrons. The number of nitrogens with zero attached hydrogens (tertiary/aromatic N) is 1. The monoisotopic (exact) mass is 418 g/mol. The molecule has 0 unspecified atom stereocenters. The van der Waals surface area contributed by atoms with Crippen LogP contribution in [0.5, 0.6) is 0 Å². The summed E-state index contributed by atoms with van der Waals surface area (Å²) in [5, 5.41) is 4.11. The van der Waals surface area contributed by atoms with Gasteiger partial charge >= 0.3 is 0 Å². The zero-order chi connectivity index (χ0) is 21.1. The van der Waals surface area contributed by atoms with Crippen molar-refractivity contribution in [2.75, 3.05) is 11.1 Å². The summed E-state index contributed by atoms with van der Waals surface area (Å²) in [6, 6.07) is 20.7. The Morgan fingerprint density at radius 2 is 1.83 bits per heavy atom. The Labute approximate surface area is 179 Å². The third-order valence-electron chi connectivity index (χ3n) is 5.23. The van der Waals surface area contributed by atoms with Gasteiger partial charge in [0.05, 0.1) is 5.75 Å². The van der Waals surface area contributed by atoms with Crippen LogP contribution in [0.1, 0.15) is 16.7 Å². The average Bonchev–Trinajstić information content (AvgIpc) is 3.08. The lowest BCUT2D eigenvalue weighted by Crippen LogP contribution is -2.15. The van der Waals surface area contributed by atoms with Crippen molar-refractivity contribution in [1.29, 1.82) is 0 Å². The van der Waals surface area contributed by atoms with E-state index in [2.05, 4.69) is 22.0 Å². The Kier molecular flexibility index (Phi) is 5.91. The normalized spacial score (nSPS) is 11.0. The van der Waals surface area contributed by atoms with Crippen LogP contribution in [0.15, 0.2) is 77.8 Å². The van der Waals surface area contributed by atoms with Gasteiger partial charge in [-0.2, -0.15) is 0 Å². The van der Waals surface area contributed by atoms with Crippen LogP contribution in [0.25, 0.3) is 10.9 Å². The van der Waals surface area contributed by atoms with E-state index in [0.717, 1.165) is 38.2 Å². The lowest BCUT2D eigenvalue weighted by molar-refractivity contribution is -0.113. The molecular weight excluding hydrogens is 395 g/mol. The Morgan fingerprint density at radius 3 is 2.67 bits per heavy atom. The predicted octanol–water partition coefficient (Wildman–Crippen LogP) is 6.18. The topological polar surface area (TPSA) is 34.0 Å². The second-order valence-electron chi connectivity index (χ2n) is 7.35. The summed E-state index contributed by atoms with van der Waals surface area (Å²) in [6.07, 6.45) is 2.05. The highest BCUT2D eigenvalue weighted by Crippen LogP contribution is 2.31. The van der Waals surface area contributed by atoms with E-state index in [4.69, 9.17) is 0 Å². The molecule has 4 aromatic rings. The lowest BCUT2D eigenvalue weighted by Gasteiger charge is -2.10. The molecule has 0 aliphatic rings. The van der Waals surface area contributed by atoms with Crippen molar-refractivity contribution in [3.63, 3.8) is 0 Å². The number of carbonyl (C=O) groups excluding carboxylic acids is 1. The molecule has 1 N–H and O–H groups in total. The summed E-state index contributed by atoms with van der Waals surface area (Å²) in [5.74, 6) is 0.0544. The van der Waals surface area contributed by atoms with Crippen molar-refractivity contribution in [3.8, 4) is 0 Å². The van der Waals surface area contributed by atoms with Gasteiger partial charge in [-0.25, -0.2) is 4.39 Å². The molecule has 1 heterocycles. The number of hydrogen-bond acceptors (Lipinski definition) is 2. The highest BCUT2D eigenvalue weighted by molar-refractivity contribution is 8.00. The van der Waals surface area contributed by atoms with Gasteiger partial charge in [0.2, 0.25) is 5.91 Å². The van der Waals surface area contributed by atoms with Gasteiger partial charge in [-0.3, -0.25) is 4.79 Å². The fourth-order valence-electron chi connectivity index (χ4n) is 3.51. The minimum atomic E-state index is -0.235. The smallest absolute Gasteiger partial charge is 0.234 e. The van der Waals surface area contributed by atoms with Gasteiger partial charge in [0, 0.05) is 34.2 Å². The van der Waals surface area contributed by atoms with Crippen LogP contribution in [0.2, 0.25) is 0 Å². The molecule has 0 bridgehead atoms. The van der Waals surface area contributed by atoms with Gasteiger partial charge in [-0.15, -0.1) is 11.8 Å². The molecule has 0 atom stereocenters. The Morgan fingerprint density at radius 1 is 1.03 bits per heavy atom. The van der Waals surface area contributed by atoms with Gasteiger partial charge < -0.3 is 9.88 Å². The first-order chi connectivity index (χ1) is 14.5. The van der Waals surface area contributed by atoms with Crippen LogP contribution in [-0.4, -0.2) is 16.2 Å². The number of halogens is 1. The molecule has 3 aromatic carbocycles. The summed E-state index contributed by atoms with van der Waals surface area (Å²) >= 11 is 1.51. The van der Waals surface area contributed by atoms with Crippen molar-refractivity contribution in [1.82, 2.24) is 4.57 Å². The van der Waals surface area contributed by atoms with E-state index in [9.17, 15) is 9.18 Å². The van der Waals surface area contributed by atoms with E-state index < -0.39 is 0 Å². The van der Waals surface area contributed by atoms with E-state index in [1.165, 1.54) is 17.8 Å². The maximum Gasteiger partial charge on any atom is 0.234 e. The summed E-state index contributed by atoms with van der Waals surface area (Å²) in [6.45, 7) is 4.62. The molecule has 0 saturated heterocycles. The minimum absolute atomic E-state index is 0.0318. The molecule has 0 saturated carbocycles. The molecule has 4 rings (SSSR count). The zero-order valence-corrected chi connectivity index (χ0v) is 17.8. The number of aromatic nitrogens is 1. The molecule has 0 aliphatic carbocycles. The van der Waals surface area contributed by atoms with Crippen molar-refractivity contribution in [2.24, 2.45) is 0 Å². The van der Waals surface area contributed by atoms with Crippen LogP contribution in [0.4, 0.5) is 10.1 Å². The second kappa shape index (κ2) is 8.76. The van der Waals surface area contributed by atoms with Crippen LogP contribution in [0.3, 0.4) is 0 Å². The van der Waals surface area contributed by atoms with Gasteiger partial charge in [0.25, 0.3) is 0 Å². The number of benzene rings is 3. The third-order valence-corrected chi connectivity index (χ3v) is 6.27. The zero-order valence-electron chi connectivity index (χ0n) is 17.0. The van der Waals surface area contributed by atoms with Crippen molar-refractivity contribution in [2.45, 2.75) is 25.3 Å². The van der Waals surface area contributed by atoms with Crippen molar-refractivity contribution >= 4 is 34.3 Å². The van der Waals surface area contributed by atoms with Crippen LogP contribution in [0, 0.1) is 19.7 Å². The van der Waals surface area contributed by atoms with Crippen molar-refractivity contribution in [3.05, 3.63) is 95.4 Å². The number of nitrogens with one attached hydrogen (secondary N) is 1. The molecule has 0 aliphatic heterocycles. The molecule has 0 fully saturated rings. The summed E-state index contributed by atoms with van der Waals surface area (Å²) in [4.78, 5) is 13.6. The number of hydrogen-bond donors (Lipinski definition) is 1. The number of fused-ring (bicyclic) bond motifs is 1. The van der Waals surface area contributed by atoms with Crippen LogP contribution >= 0.6 is 11.8 Å². The quantitative estimate of drug-likeness (QED) is 0.380. The Hall–Kier alpha value is -3.05. The van der Waals surface area contributed by atoms with Gasteiger partial charge in [-0.05, 0) is 54.8 Å². The SMILES string of the molecule is Cc1cccc(NC(=O)CSc2cn(Cc3cccc(F)c3)c3ccccc23)c1C. The number of anilines is 1. The molecule has 5 heteroatoms. The van der Waals surface area contributed by atoms with E-state index in [1.54, 1.807) is 12.1 Å². The standard InChI is InChI=1S/C25H23FN2OS/c1-17-7-5-11-22(18(17)2)27-25(29)16-30-24-15-28(23-12-4-3-10-21(23)24)14-19-8-6-9-20(26)13-19/h3-13,15H,14,16H2,1-2H3,(H,27,29). The number of thioether (sulfide) groups is 1. The van der Waals surface area contributed by atoms with Crippen LogP contribution in [-0.2, 0) is 11.3 Å². The number of rotatable bonds is 6. The number of para-hydroxylation sites is 1. The van der Waals surface area contributed by atoms with Gasteiger partial charge in [0.1, 0.15) is 5.82 Å².